The third-order valence-corrected chi connectivity index (χ3v) is 3.36. The fraction of sp³-hybridized carbons (Fsp3) is 0.400. The second-order valence-corrected chi connectivity index (χ2v) is 4.99. The number of nitrogens with zero attached hydrogens (tertiary/aromatic N) is 2. The lowest BCUT2D eigenvalue weighted by atomic mass is 10.0. The molecule has 0 spiro atoms. The van der Waals surface area contributed by atoms with Crippen LogP contribution in [0.3, 0.4) is 0 Å². The third-order valence-electron chi connectivity index (χ3n) is 3.36. The predicted molar refractivity (Wildman–Crippen MR) is 77.4 cm³/mol. The highest BCUT2D eigenvalue weighted by atomic mass is 19.4. The van der Waals surface area contributed by atoms with Gasteiger partial charge in [0.1, 0.15) is 0 Å². The Morgan fingerprint density at radius 1 is 1.26 bits per heavy atom. The molecule has 8 heteroatoms. The Bertz CT molecular complexity index is 696. The molecule has 1 heterocycles. The molecule has 0 atom stereocenters. The normalized spacial score (nSPS) is 11.7. The Morgan fingerprint density at radius 3 is 2.52 bits per heavy atom. The molecule has 0 radical (unpaired) electrons. The molecule has 126 valence electrons. The molecule has 0 fully saturated rings. The van der Waals surface area contributed by atoms with Gasteiger partial charge in [-0.25, -0.2) is 0 Å². The van der Waals surface area contributed by atoms with E-state index in [9.17, 15) is 18.3 Å². The van der Waals surface area contributed by atoms with E-state index in [0.29, 0.717) is 24.4 Å². The van der Waals surface area contributed by atoms with Crippen molar-refractivity contribution >= 4 is 0 Å². The Kier molecular flexibility index (Phi) is 4.84. The number of aromatic nitrogens is 2. The second kappa shape index (κ2) is 6.49. The van der Waals surface area contributed by atoms with Crippen molar-refractivity contribution in [3.63, 3.8) is 0 Å². The van der Waals surface area contributed by atoms with Gasteiger partial charge < -0.3 is 14.6 Å². The summed E-state index contributed by atoms with van der Waals surface area (Å²) in [4.78, 5) is 0. The Balaban J connectivity index is 2.36. The van der Waals surface area contributed by atoms with Crippen molar-refractivity contribution in [1.82, 2.24) is 9.78 Å². The van der Waals surface area contributed by atoms with Crippen LogP contribution in [0, 0.1) is 13.8 Å². The van der Waals surface area contributed by atoms with E-state index in [4.69, 9.17) is 4.74 Å². The van der Waals surface area contributed by atoms with Crippen molar-refractivity contribution in [3.8, 4) is 22.6 Å². The number of aryl methyl sites for hydroxylation is 1. The molecule has 23 heavy (non-hydrogen) atoms. The summed E-state index contributed by atoms with van der Waals surface area (Å²) in [6.45, 7) is 4.69. The van der Waals surface area contributed by atoms with E-state index in [1.807, 2.05) is 6.92 Å². The van der Waals surface area contributed by atoms with Crippen molar-refractivity contribution < 1.29 is 27.8 Å². The zero-order chi connectivity index (χ0) is 17.2. The van der Waals surface area contributed by atoms with Crippen molar-refractivity contribution in [1.29, 1.82) is 0 Å². The molecule has 0 aliphatic rings. The van der Waals surface area contributed by atoms with Crippen LogP contribution >= 0.6 is 0 Å². The summed E-state index contributed by atoms with van der Waals surface area (Å²) in [5.74, 6) is -1.22. The van der Waals surface area contributed by atoms with Gasteiger partial charge in [0, 0.05) is 18.4 Å². The smallest absolute Gasteiger partial charge is 0.504 e. The molecule has 0 saturated carbocycles. The Labute approximate surface area is 131 Å². The minimum absolute atomic E-state index is 0.491. The third kappa shape index (κ3) is 3.95. The highest BCUT2D eigenvalue weighted by Crippen LogP contribution is 2.36. The number of methoxy groups -OCH3 is 1. The minimum Gasteiger partial charge on any atom is -0.504 e. The molecule has 2 rings (SSSR count). The zero-order valence-corrected chi connectivity index (χ0v) is 12.9. The van der Waals surface area contributed by atoms with Gasteiger partial charge in [0.05, 0.1) is 18.8 Å². The molecule has 5 nitrogen and oxygen atoms in total. The molecule has 0 amide bonds. The SMILES string of the molecule is COCCn1nc(C)c(-c2ccc(OC(F)(F)F)c(O)c2)c1C. The van der Waals surface area contributed by atoms with Gasteiger partial charge in [-0.05, 0) is 31.5 Å². The average molecular weight is 330 g/mol. The summed E-state index contributed by atoms with van der Waals surface area (Å²) in [6, 6.07) is 3.78. The Morgan fingerprint density at radius 2 is 1.96 bits per heavy atom. The molecule has 0 unspecified atom stereocenters. The molecule has 0 aliphatic carbocycles. The number of rotatable bonds is 5. The van der Waals surface area contributed by atoms with Crippen LogP contribution in [0.4, 0.5) is 13.2 Å². The van der Waals surface area contributed by atoms with E-state index in [0.717, 1.165) is 17.3 Å². The van der Waals surface area contributed by atoms with E-state index >= 15 is 0 Å². The topological polar surface area (TPSA) is 56.5 Å². The van der Waals surface area contributed by atoms with Crippen LogP contribution in [0.25, 0.3) is 11.1 Å². The van der Waals surface area contributed by atoms with E-state index < -0.39 is 17.9 Å². The average Bonchev–Trinajstić information content (AvgIpc) is 2.72. The van der Waals surface area contributed by atoms with Crippen LogP contribution in [0.5, 0.6) is 11.5 Å². The van der Waals surface area contributed by atoms with Gasteiger partial charge in [-0.3, -0.25) is 4.68 Å². The van der Waals surface area contributed by atoms with E-state index in [-0.39, 0.29) is 0 Å². The maximum absolute atomic E-state index is 12.2. The first-order valence-electron chi connectivity index (χ1n) is 6.85. The standard InChI is InChI=1S/C15H17F3N2O3/c1-9-14(10(2)20(19-9)6-7-22-3)11-4-5-13(12(21)8-11)23-15(16,17)18/h4-5,8,21H,6-7H2,1-3H3. The first-order valence-corrected chi connectivity index (χ1v) is 6.85. The lowest BCUT2D eigenvalue weighted by molar-refractivity contribution is -0.275. The quantitative estimate of drug-likeness (QED) is 0.913. The number of hydrogen-bond donors (Lipinski definition) is 1. The number of ether oxygens (including phenoxy) is 2. The van der Waals surface area contributed by atoms with Crippen LogP contribution in [0.2, 0.25) is 0 Å². The summed E-state index contributed by atoms with van der Waals surface area (Å²) in [5, 5.41) is 14.2. The van der Waals surface area contributed by atoms with Gasteiger partial charge in [0.15, 0.2) is 11.5 Å². The highest BCUT2D eigenvalue weighted by molar-refractivity contribution is 5.71. The van der Waals surface area contributed by atoms with Crippen molar-refractivity contribution in [3.05, 3.63) is 29.6 Å². The number of aromatic hydroxyl groups is 1. The van der Waals surface area contributed by atoms with Crippen LogP contribution in [-0.2, 0) is 11.3 Å². The molecule has 0 bridgehead atoms. The van der Waals surface area contributed by atoms with Crippen molar-refractivity contribution in [2.45, 2.75) is 26.8 Å². The number of benzene rings is 1. The summed E-state index contributed by atoms with van der Waals surface area (Å²) < 4.78 is 47.2. The molecule has 0 saturated heterocycles. The fourth-order valence-electron chi connectivity index (χ4n) is 2.39. The number of hydrogen-bond acceptors (Lipinski definition) is 4. The molecule has 1 N–H and O–H groups in total. The van der Waals surface area contributed by atoms with Gasteiger partial charge in [-0.15, -0.1) is 13.2 Å². The van der Waals surface area contributed by atoms with Gasteiger partial charge >= 0.3 is 6.36 Å². The van der Waals surface area contributed by atoms with E-state index in [2.05, 4.69) is 9.84 Å². The van der Waals surface area contributed by atoms with Crippen LogP contribution in [0.1, 0.15) is 11.4 Å². The summed E-state index contributed by atoms with van der Waals surface area (Å²) >= 11 is 0. The summed E-state index contributed by atoms with van der Waals surface area (Å²) in [6.07, 6.45) is -4.85. The predicted octanol–water partition coefficient (Wildman–Crippen LogP) is 3.42. The summed E-state index contributed by atoms with van der Waals surface area (Å²) in [5.41, 5.74) is 2.87. The van der Waals surface area contributed by atoms with E-state index in [1.165, 1.54) is 12.1 Å². The van der Waals surface area contributed by atoms with E-state index in [1.54, 1.807) is 18.7 Å². The second-order valence-electron chi connectivity index (χ2n) is 4.99. The van der Waals surface area contributed by atoms with Gasteiger partial charge in [0.2, 0.25) is 0 Å². The Hall–Kier alpha value is -2.22. The number of phenols is 1. The van der Waals surface area contributed by atoms with Crippen LogP contribution in [0.15, 0.2) is 18.2 Å². The van der Waals surface area contributed by atoms with Crippen molar-refractivity contribution in [2.75, 3.05) is 13.7 Å². The molecular formula is C15H17F3N2O3. The lowest BCUT2D eigenvalue weighted by Crippen LogP contribution is -2.17. The van der Waals surface area contributed by atoms with Gasteiger partial charge in [-0.1, -0.05) is 6.07 Å². The first-order chi connectivity index (χ1) is 10.7. The molecule has 1 aromatic heterocycles. The monoisotopic (exact) mass is 330 g/mol. The van der Waals surface area contributed by atoms with Crippen molar-refractivity contribution in [2.24, 2.45) is 0 Å². The minimum atomic E-state index is -4.85. The zero-order valence-electron chi connectivity index (χ0n) is 12.9. The maximum atomic E-state index is 12.2. The molecule has 1 aromatic carbocycles. The summed E-state index contributed by atoms with van der Waals surface area (Å²) in [7, 11) is 1.59. The molecule has 2 aromatic rings. The molecular weight excluding hydrogens is 313 g/mol. The number of halogens is 3. The van der Waals surface area contributed by atoms with Crippen LogP contribution < -0.4 is 4.74 Å². The maximum Gasteiger partial charge on any atom is 0.573 e. The number of alkyl halides is 3. The van der Waals surface area contributed by atoms with Crippen LogP contribution in [-0.4, -0.2) is 35.0 Å². The first kappa shape index (κ1) is 17.1. The fourth-order valence-corrected chi connectivity index (χ4v) is 2.39. The molecule has 0 aliphatic heterocycles. The van der Waals surface area contributed by atoms with Gasteiger partial charge in [-0.2, -0.15) is 5.10 Å². The van der Waals surface area contributed by atoms with Gasteiger partial charge in [0.25, 0.3) is 0 Å². The largest absolute Gasteiger partial charge is 0.573 e. The lowest BCUT2D eigenvalue weighted by Gasteiger charge is -2.11. The highest BCUT2D eigenvalue weighted by Gasteiger charge is 2.32. The number of phenolic OH excluding ortho intramolecular Hbond substituents is 1.